The van der Waals surface area contributed by atoms with Crippen molar-refractivity contribution in [2.75, 3.05) is 18.9 Å². The molecule has 0 saturated heterocycles. The van der Waals surface area contributed by atoms with E-state index in [4.69, 9.17) is 0 Å². The fourth-order valence-corrected chi connectivity index (χ4v) is 4.69. The molecule has 234 valence electrons. The molecule has 0 unspecified atom stereocenters. The molecule has 0 saturated carbocycles. The van der Waals surface area contributed by atoms with E-state index in [0.717, 1.165) is 74.7 Å². The van der Waals surface area contributed by atoms with Gasteiger partial charge in [-0.3, -0.25) is 4.98 Å². The average molecular weight is 599 g/mol. The molecular formula is C41H50N4. The van der Waals surface area contributed by atoms with Gasteiger partial charge in [-0.05, 0) is 78.0 Å². The Morgan fingerprint density at radius 3 is 2.27 bits per heavy atom. The van der Waals surface area contributed by atoms with E-state index in [1.807, 2.05) is 64.4 Å². The third-order valence-corrected chi connectivity index (χ3v) is 7.29. The standard InChI is InChI=1S/C39H44N4.C2H6/c1-9-16-37(36-19-15-22-41-27-36)28(4)30(6)43-31(7)29(5)38-24-35(20-21-39(38)40-8)34(11-3)23-32(10-2)25-42-26-33-17-13-12-14-18-33;1-2/h9-24,27,40,42-43H,1-2,5,7,25-26H2,3-4,6,8H3;1-2H3/b30-28+,32-23+,34-11+,37-16+;. The summed E-state index contributed by atoms with van der Waals surface area (Å²) in [5.74, 6) is 0. The van der Waals surface area contributed by atoms with Gasteiger partial charge in [-0.25, -0.2) is 0 Å². The lowest BCUT2D eigenvalue weighted by molar-refractivity contribution is 0.747. The van der Waals surface area contributed by atoms with E-state index in [0.29, 0.717) is 0 Å². The first-order valence-corrected chi connectivity index (χ1v) is 15.5. The van der Waals surface area contributed by atoms with Gasteiger partial charge in [0.15, 0.2) is 0 Å². The zero-order valence-corrected chi connectivity index (χ0v) is 28.0. The van der Waals surface area contributed by atoms with Crippen LogP contribution in [0.1, 0.15) is 56.9 Å². The monoisotopic (exact) mass is 598 g/mol. The van der Waals surface area contributed by atoms with Gasteiger partial charge in [0.25, 0.3) is 0 Å². The zero-order chi connectivity index (χ0) is 33.2. The average Bonchev–Trinajstić information content (AvgIpc) is 3.09. The molecule has 3 N–H and O–H groups in total. The Kier molecular flexibility index (Phi) is 15.6. The third kappa shape index (κ3) is 10.6. The van der Waals surface area contributed by atoms with E-state index < -0.39 is 0 Å². The summed E-state index contributed by atoms with van der Waals surface area (Å²) in [6.45, 7) is 28.4. The molecule has 0 atom stereocenters. The number of benzene rings is 2. The molecule has 3 rings (SSSR count). The Morgan fingerprint density at radius 2 is 1.67 bits per heavy atom. The summed E-state index contributed by atoms with van der Waals surface area (Å²) in [4.78, 5) is 4.28. The molecule has 0 fully saturated rings. The Morgan fingerprint density at radius 1 is 0.933 bits per heavy atom. The molecule has 0 aliphatic rings. The summed E-state index contributed by atoms with van der Waals surface area (Å²) < 4.78 is 0. The van der Waals surface area contributed by atoms with Crippen molar-refractivity contribution in [3.8, 4) is 0 Å². The number of anilines is 1. The number of hydrogen-bond donors (Lipinski definition) is 3. The third-order valence-electron chi connectivity index (χ3n) is 7.29. The smallest absolute Gasteiger partial charge is 0.0418 e. The van der Waals surface area contributed by atoms with E-state index in [1.165, 1.54) is 5.56 Å². The van der Waals surface area contributed by atoms with Crippen LogP contribution in [0.15, 0.2) is 152 Å². The largest absolute Gasteiger partial charge is 0.388 e. The maximum absolute atomic E-state index is 4.43. The van der Waals surface area contributed by atoms with Gasteiger partial charge < -0.3 is 16.0 Å². The molecule has 2 aromatic carbocycles. The number of hydrogen-bond acceptors (Lipinski definition) is 4. The van der Waals surface area contributed by atoms with Crippen LogP contribution in [-0.4, -0.2) is 18.6 Å². The molecule has 4 heteroatoms. The van der Waals surface area contributed by atoms with Gasteiger partial charge in [0.2, 0.25) is 0 Å². The van der Waals surface area contributed by atoms with Gasteiger partial charge in [-0.2, -0.15) is 0 Å². The second-order valence-electron chi connectivity index (χ2n) is 10.2. The summed E-state index contributed by atoms with van der Waals surface area (Å²) in [6, 6.07) is 20.7. The van der Waals surface area contributed by atoms with Crippen molar-refractivity contribution >= 4 is 22.4 Å². The van der Waals surface area contributed by atoms with Crippen LogP contribution in [0.5, 0.6) is 0 Å². The van der Waals surface area contributed by atoms with Gasteiger partial charge in [-0.1, -0.05) is 113 Å². The highest BCUT2D eigenvalue weighted by Crippen LogP contribution is 2.32. The number of nitrogens with one attached hydrogen (secondary N) is 3. The van der Waals surface area contributed by atoms with Crippen molar-refractivity contribution in [2.45, 2.75) is 41.2 Å². The molecular weight excluding hydrogens is 548 g/mol. The predicted molar refractivity (Wildman–Crippen MR) is 200 cm³/mol. The minimum Gasteiger partial charge on any atom is -0.388 e. The Labute approximate surface area is 272 Å². The Balaban J connectivity index is 0.00000345. The number of aromatic nitrogens is 1. The molecule has 0 aliphatic heterocycles. The zero-order valence-electron chi connectivity index (χ0n) is 28.0. The second kappa shape index (κ2) is 19.4. The van der Waals surface area contributed by atoms with E-state index >= 15 is 0 Å². The van der Waals surface area contributed by atoms with E-state index in [9.17, 15) is 0 Å². The molecule has 1 aromatic heterocycles. The van der Waals surface area contributed by atoms with Crippen molar-refractivity contribution in [3.05, 3.63) is 175 Å². The highest BCUT2D eigenvalue weighted by molar-refractivity contribution is 5.87. The van der Waals surface area contributed by atoms with Crippen LogP contribution in [0, 0.1) is 0 Å². The maximum atomic E-state index is 4.43. The summed E-state index contributed by atoms with van der Waals surface area (Å²) >= 11 is 0. The van der Waals surface area contributed by atoms with Crippen LogP contribution in [0.3, 0.4) is 0 Å². The fraction of sp³-hybridized carbons (Fsp3) is 0.195. The summed E-state index contributed by atoms with van der Waals surface area (Å²) in [6.07, 6.45) is 13.6. The van der Waals surface area contributed by atoms with Crippen molar-refractivity contribution in [1.29, 1.82) is 0 Å². The van der Waals surface area contributed by atoms with Crippen molar-refractivity contribution in [3.63, 3.8) is 0 Å². The first-order valence-electron chi connectivity index (χ1n) is 15.5. The highest BCUT2D eigenvalue weighted by Gasteiger charge is 2.13. The number of pyridine rings is 1. The van der Waals surface area contributed by atoms with Crippen LogP contribution in [0.25, 0.3) is 16.7 Å². The second-order valence-corrected chi connectivity index (χ2v) is 10.2. The quantitative estimate of drug-likeness (QED) is 0.152. The summed E-state index contributed by atoms with van der Waals surface area (Å²) in [5.41, 5.74) is 12.2. The summed E-state index contributed by atoms with van der Waals surface area (Å²) in [5, 5.41) is 10.3. The highest BCUT2D eigenvalue weighted by atomic mass is 14.9. The molecule has 3 aromatic rings. The van der Waals surface area contributed by atoms with Crippen LogP contribution in [0.4, 0.5) is 5.69 Å². The number of nitrogens with zero attached hydrogens (tertiary/aromatic N) is 1. The van der Waals surface area contributed by atoms with Crippen molar-refractivity contribution in [2.24, 2.45) is 0 Å². The minimum atomic E-state index is 0.719. The van der Waals surface area contributed by atoms with Gasteiger partial charge in [-0.15, -0.1) is 0 Å². The lowest BCUT2D eigenvalue weighted by atomic mass is 9.95. The molecule has 0 aliphatic carbocycles. The van der Waals surface area contributed by atoms with Gasteiger partial charge in [0.1, 0.15) is 0 Å². The lowest BCUT2D eigenvalue weighted by Gasteiger charge is -2.20. The van der Waals surface area contributed by atoms with Crippen LogP contribution in [0.2, 0.25) is 0 Å². The molecule has 0 radical (unpaired) electrons. The molecule has 0 spiro atoms. The summed E-state index contributed by atoms with van der Waals surface area (Å²) in [7, 11) is 1.92. The number of rotatable bonds is 15. The Bertz CT molecular complexity index is 1570. The van der Waals surface area contributed by atoms with E-state index in [-0.39, 0.29) is 0 Å². The van der Waals surface area contributed by atoms with E-state index in [2.05, 4.69) is 116 Å². The predicted octanol–water partition coefficient (Wildman–Crippen LogP) is 10.1. The molecule has 0 amide bonds. The van der Waals surface area contributed by atoms with Crippen molar-refractivity contribution < 1.29 is 0 Å². The molecule has 4 nitrogen and oxygen atoms in total. The van der Waals surface area contributed by atoms with Crippen LogP contribution < -0.4 is 16.0 Å². The maximum Gasteiger partial charge on any atom is 0.0418 e. The fourth-order valence-electron chi connectivity index (χ4n) is 4.69. The van der Waals surface area contributed by atoms with Crippen molar-refractivity contribution in [1.82, 2.24) is 15.6 Å². The SMILES string of the molecule is C=C/C=C(\C(C)=C(/C)NC(=C)C(=C)c1cc(C(/C=C(\C=C)CNCc2ccccc2)=C/C)ccc1NC)c1cccnc1.CC. The van der Waals surface area contributed by atoms with Crippen LogP contribution >= 0.6 is 0 Å². The Hall–Kier alpha value is -4.93. The minimum absolute atomic E-state index is 0.719. The van der Waals surface area contributed by atoms with Crippen LogP contribution in [-0.2, 0) is 6.54 Å². The lowest BCUT2D eigenvalue weighted by Crippen LogP contribution is -2.16. The van der Waals surface area contributed by atoms with Gasteiger partial charge >= 0.3 is 0 Å². The van der Waals surface area contributed by atoms with Gasteiger partial charge in [0.05, 0.1) is 0 Å². The molecule has 1 heterocycles. The number of allylic oxidation sites excluding steroid dienone is 9. The topological polar surface area (TPSA) is 49.0 Å². The van der Waals surface area contributed by atoms with Gasteiger partial charge in [0, 0.05) is 60.7 Å². The molecule has 0 bridgehead atoms. The first-order chi connectivity index (χ1) is 21.8. The molecule has 45 heavy (non-hydrogen) atoms. The normalized spacial score (nSPS) is 12.3. The van der Waals surface area contributed by atoms with E-state index in [1.54, 1.807) is 12.3 Å². The first kappa shape index (κ1) is 36.3.